The molecule has 1 heterocycles. The maximum absolute atomic E-state index is 8.72. The minimum Gasteiger partial charge on any atom is -0.240 e. The Bertz CT molecular complexity index is 541. The number of benzene rings is 1. The van der Waals surface area contributed by atoms with Gasteiger partial charge < -0.3 is 0 Å². The van der Waals surface area contributed by atoms with Crippen molar-refractivity contribution < 1.29 is 0 Å². The fourth-order valence-electron chi connectivity index (χ4n) is 1.84. The molecule has 1 fully saturated rings. The predicted octanol–water partition coefficient (Wildman–Crippen LogP) is 2.62. The molecule has 2 aromatic rings. The molecule has 1 aliphatic carbocycles. The van der Waals surface area contributed by atoms with Gasteiger partial charge in [0.25, 0.3) is 0 Å². The predicted molar refractivity (Wildman–Crippen MR) is 60.3 cm³/mol. The first-order chi connectivity index (χ1) is 7.86. The van der Waals surface area contributed by atoms with Gasteiger partial charge in [0, 0.05) is 6.20 Å². The highest BCUT2D eigenvalue weighted by atomic mass is 15.3. The minimum atomic E-state index is 0.589. The molecule has 3 rings (SSSR count). The standard InChI is InChI=1S/C13H11N3/c14-7-10-8-15-16(9-10)13-5-3-12(4-6-13)11-1-2-11/h3-6,8-9,11H,1-2H2. The summed E-state index contributed by atoms with van der Waals surface area (Å²) >= 11 is 0. The first kappa shape index (κ1) is 9.17. The molecule has 1 aliphatic rings. The van der Waals surface area contributed by atoms with Gasteiger partial charge in [-0.1, -0.05) is 12.1 Å². The molecular weight excluding hydrogens is 198 g/mol. The molecule has 0 bridgehead atoms. The van der Waals surface area contributed by atoms with Gasteiger partial charge in [-0.3, -0.25) is 0 Å². The molecule has 1 aromatic carbocycles. The summed E-state index contributed by atoms with van der Waals surface area (Å²) in [5.41, 5.74) is 3.01. The average Bonchev–Trinajstić information content (AvgIpc) is 3.07. The van der Waals surface area contributed by atoms with Crippen molar-refractivity contribution in [1.82, 2.24) is 9.78 Å². The van der Waals surface area contributed by atoms with E-state index in [0.29, 0.717) is 5.56 Å². The van der Waals surface area contributed by atoms with E-state index in [1.807, 2.05) is 0 Å². The molecule has 16 heavy (non-hydrogen) atoms. The van der Waals surface area contributed by atoms with Crippen LogP contribution in [0.2, 0.25) is 0 Å². The van der Waals surface area contributed by atoms with E-state index in [9.17, 15) is 0 Å². The maximum Gasteiger partial charge on any atom is 0.102 e. The molecule has 0 saturated heterocycles. The van der Waals surface area contributed by atoms with Crippen LogP contribution in [0.5, 0.6) is 0 Å². The van der Waals surface area contributed by atoms with Gasteiger partial charge in [0.15, 0.2) is 0 Å². The Hall–Kier alpha value is -2.08. The molecule has 1 aromatic heterocycles. The first-order valence-electron chi connectivity index (χ1n) is 5.42. The summed E-state index contributed by atoms with van der Waals surface area (Å²) in [5.74, 6) is 0.779. The lowest BCUT2D eigenvalue weighted by molar-refractivity contribution is 0.879. The lowest BCUT2D eigenvalue weighted by Gasteiger charge is -2.02. The SMILES string of the molecule is N#Cc1cnn(-c2ccc(C3CC3)cc2)c1. The highest BCUT2D eigenvalue weighted by molar-refractivity contribution is 5.38. The smallest absolute Gasteiger partial charge is 0.102 e. The summed E-state index contributed by atoms with van der Waals surface area (Å²) in [6, 6.07) is 10.5. The minimum absolute atomic E-state index is 0.589. The van der Waals surface area contributed by atoms with Crippen molar-refractivity contribution in [3.05, 3.63) is 47.8 Å². The number of hydrogen-bond acceptors (Lipinski definition) is 2. The second kappa shape index (κ2) is 3.49. The average molecular weight is 209 g/mol. The third-order valence-corrected chi connectivity index (χ3v) is 2.92. The molecule has 3 heteroatoms. The van der Waals surface area contributed by atoms with Crippen molar-refractivity contribution in [3.8, 4) is 11.8 Å². The fraction of sp³-hybridized carbons (Fsp3) is 0.231. The molecule has 0 unspecified atom stereocenters. The Morgan fingerprint density at radius 3 is 2.56 bits per heavy atom. The molecule has 3 nitrogen and oxygen atoms in total. The molecule has 0 spiro atoms. The van der Waals surface area contributed by atoms with Crippen LogP contribution in [0.1, 0.15) is 29.9 Å². The third-order valence-electron chi connectivity index (χ3n) is 2.92. The van der Waals surface area contributed by atoms with E-state index in [1.54, 1.807) is 17.1 Å². The largest absolute Gasteiger partial charge is 0.240 e. The van der Waals surface area contributed by atoms with E-state index in [2.05, 4.69) is 35.4 Å². The summed E-state index contributed by atoms with van der Waals surface area (Å²) in [4.78, 5) is 0. The molecular formula is C13H11N3. The van der Waals surface area contributed by atoms with E-state index in [1.165, 1.54) is 18.4 Å². The number of nitrogens with zero attached hydrogens (tertiary/aromatic N) is 3. The number of hydrogen-bond donors (Lipinski definition) is 0. The first-order valence-corrected chi connectivity index (χ1v) is 5.42. The van der Waals surface area contributed by atoms with Gasteiger partial charge in [-0.2, -0.15) is 10.4 Å². The van der Waals surface area contributed by atoms with Crippen LogP contribution in [-0.2, 0) is 0 Å². The van der Waals surface area contributed by atoms with Crippen molar-refractivity contribution in [2.75, 3.05) is 0 Å². The van der Waals surface area contributed by atoms with Crippen LogP contribution >= 0.6 is 0 Å². The van der Waals surface area contributed by atoms with Crippen molar-refractivity contribution in [2.24, 2.45) is 0 Å². The van der Waals surface area contributed by atoms with Gasteiger partial charge in [0.2, 0.25) is 0 Å². The molecule has 0 atom stereocenters. The number of aromatic nitrogens is 2. The second-order valence-corrected chi connectivity index (χ2v) is 4.15. The third kappa shape index (κ3) is 1.59. The van der Waals surface area contributed by atoms with Crippen LogP contribution in [0.25, 0.3) is 5.69 Å². The van der Waals surface area contributed by atoms with Crippen molar-refractivity contribution in [3.63, 3.8) is 0 Å². The van der Waals surface area contributed by atoms with Gasteiger partial charge >= 0.3 is 0 Å². The van der Waals surface area contributed by atoms with Gasteiger partial charge in [-0.15, -0.1) is 0 Å². The topological polar surface area (TPSA) is 41.6 Å². The van der Waals surface area contributed by atoms with Crippen LogP contribution in [-0.4, -0.2) is 9.78 Å². The molecule has 0 N–H and O–H groups in total. The van der Waals surface area contributed by atoms with Crippen molar-refractivity contribution in [1.29, 1.82) is 5.26 Å². The zero-order valence-corrected chi connectivity index (χ0v) is 8.80. The Morgan fingerprint density at radius 2 is 2.00 bits per heavy atom. The Balaban J connectivity index is 1.91. The molecule has 0 radical (unpaired) electrons. The highest BCUT2D eigenvalue weighted by Gasteiger charge is 2.22. The van der Waals surface area contributed by atoms with E-state index < -0.39 is 0 Å². The van der Waals surface area contributed by atoms with E-state index in [0.717, 1.165) is 11.6 Å². The van der Waals surface area contributed by atoms with E-state index in [-0.39, 0.29) is 0 Å². The van der Waals surface area contributed by atoms with Gasteiger partial charge in [-0.05, 0) is 36.5 Å². The van der Waals surface area contributed by atoms with E-state index >= 15 is 0 Å². The van der Waals surface area contributed by atoms with E-state index in [4.69, 9.17) is 5.26 Å². The summed E-state index contributed by atoms with van der Waals surface area (Å²) in [5, 5.41) is 12.9. The zero-order chi connectivity index (χ0) is 11.0. The lowest BCUT2D eigenvalue weighted by Crippen LogP contribution is -1.93. The van der Waals surface area contributed by atoms with Crippen LogP contribution < -0.4 is 0 Å². The Kier molecular flexibility index (Phi) is 2.00. The zero-order valence-electron chi connectivity index (χ0n) is 8.80. The summed E-state index contributed by atoms with van der Waals surface area (Å²) in [7, 11) is 0. The maximum atomic E-state index is 8.72. The van der Waals surface area contributed by atoms with Gasteiger partial charge in [0.1, 0.15) is 6.07 Å². The lowest BCUT2D eigenvalue weighted by atomic mass is 10.1. The van der Waals surface area contributed by atoms with Gasteiger partial charge in [-0.25, -0.2) is 4.68 Å². The highest BCUT2D eigenvalue weighted by Crippen LogP contribution is 2.40. The molecule has 0 amide bonds. The summed E-state index contributed by atoms with van der Waals surface area (Å²) in [6.07, 6.45) is 5.96. The second-order valence-electron chi connectivity index (χ2n) is 4.15. The normalized spacial score (nSPS) is 14.7. The number of rotatable bonds is 2. The molecule has 1 saturated carbocycles. The number of nitriles is 1. The quantitative estimate of drug-likeness (QED) is 0.762. The monoisotopic (exact) mass is 209 g/mol. The molecule has 78 valence electrons. The van der Waals surface area contributed by atoms with Crippen molar-refractivity contribution in [2.45, 2.75) is 18.8 Å². The van der Waals surface area contributed by atoms with Crippen LogP contribution in [0.4, 0.5) is 0 Å². The summed E-state index contributed by atoms with van der Waals surface area (Å²) < 4.78 is 1.73. The molecule has 0 aliphatic heterocycles. The Labute approximate surface area is 93.9 Å². The van der Waals surface area contributed by atoms with Gasteiger partial charge in [0.05, 0.1) is 17.4 Å². The fourth-order valence-corrected chi connectivity index (χ4v) is 1.84. The Morgan fingerprint density at radius 1 is 1.25 bits per heavy atom. The van der Waals surface area contributed by atoms with Crippen molar-refractivity contribution >= 4 is 0 Å². The van der Waals surface area contributed by atoms with Crippen LogP contribution in [0.3, 0.4) is 0 Å². The van der Waals surface area contributed by atoms with Crippen LogP contribution in [0.15, 0.2) is 36.7 Å². The van der Waals surface area contributed by atoms with Crippen LogP contribution in [0, 0.1) is 11.3 Å². The summed E-state index contributed by atoms with van der Waals surface area (Å²) in [6.45, 7) is 0.